The summed E-state index contributed by atoms with van der Waals surface area (Å²) in [5.74, 6) is 0. The molecule has 0 amide bonds. The lowest BCUT2D eigenvalue weighted by molar-refractivity contribution is 0.589. The van der Waals surface area contributed by atoms with Gasteiger partial charge >= 0.3 is 0 Å². The van der Waals surface area contributed by atoms with E-state index in [0.717, 1.165) is 171 Å². The van der Waals surface area contributed by atoms with E-state index in [9.17, 15) is 5.48 Å². The summed E-state index contributed by atoms with van der Waals surface area (Å²) in [5, 5.41) is 17.5. The number of nitrogens with one attached hydrogen (secondary N) is 1. The number of rotatable bonds is 7. The van der Waals surface area contributed by atoms with Gasteiger partial charge in [-0.15, -0.1) is 0 Å². The van der Waals surface area contributed by atoms with Crippen LogP contribution in [-0.4, -0.2) is 20.2 Å². The van der Waals surface area contributed by atoms with Gasteiger partial charge in [0.25, 0.3) is 6.71 Å². The number of hydrogen-bond acceptors (Lipinski definition) is 2. The number of nitrogens with zero attached hydrogens (tertiary/aromatic N) is 4. The molecule has 0 unspecified atom stereocenters. The molecule has 6 heterocycles. The SMILES string of the molecule is [2H]c1c([2H])c([2H])c(-c2ccc3c(c2)N(c2ccc(-c4ccccc4)cc2)c2c4c(cc5c2c2cccc6c7ccccc7c7ccccc7c7ccccc7n5c62)-n2c5ccc(Nc6ccc(C(C)(C)C)cc6-c6cccc(C(C)(C)C)c6)cc5c5cc(-n6c7ccc(C(C)(C)C)cc7c7cc(C(C)(C)C)ccc76)cc(c52)B34)c([2H])c1[2H]. The van der Waals surface area contributed by atoms with E-state index in [1.807, 2.05) is 6.07 Å². The molecule has 21 rings (SSSR count). The summed E-state index contributed by atoms with van der Waals surface area (Å²) < 4.78 is 54.4. The molecular formula is C106H88BN5. The van der Waals surface area contributed by atoms with Gasteiger partial charge in [-0.1, -0.05) is 295 Å². The van der Waals surface area contributed by atoms with Crippen LogP contribution in [0.2, 0.25) is 0 Å². The summed E-state index contributed by atoms with van der Waals surface area (Å²) in [6, 6.07) is 102. The van der Waals surface area contributed by atoms with Crippen molar-refractivity contribution in [3.05, 3.63) is 332 Å². The molecule has 4 aromatic heterocycles. The average Bonchev–Trinajstić information content (AvgIpc) is 1.55. The predicted molar refractivity (Wildman–Crippen MR) is 483 cm³/mol. The van der Waals surface area contributed by atoms with Gasteiger partial charge < -0.3 is 23.8 Å². The van der Waals surface area contributed by atoms with Crippen molar-refractivity contribution in [2.24, 2.45) is 0 Å². The van der Waals surface area contributed by atoms with E-state index < -0.39 is 12.8 Å². The highest BCUT2D eigenvalue weighted by molar-refractivity contribution is 7.00. The molecule has 0 fully saturated rings. The highest BCUT2D eigenvalue weighted by Gasteiger charge is 2.45. The second-order valence-electron chi connectivity index (χ2n) is 35.4. The molecule has 0 saturated heterocycles. The maximum absolute atomic E-state index is 9.71. The van der Waals surface area contributed by atoms with Gasteiger partial charge in [-0.05, 0) is 207 Å². The van der Waals surface area contributed by atoms with Crippen LogP contribution in [-0.2, 0) is 21.7 Å². The fourth-order valence-electron chi connectivity index (χ4n) is 18.8. The predicted octanol–water partition coefficient (Wildman–Crippen LogP) is 27.0. The van der Waals surface area contributed by atoms with Crippen LogP contribution in [0.15, 0.2) is 309 Å². The van der Waals surface area contributed by atoms with Crippen LogP contribution in [0.25, 0.3) is 148 Å². The molecule has 0 saturated carbocycles. The van der Waals surface area contributed by atoms with Gasteiger partial charge in [0, 0.05) is 88.3 Å². The van der Waals surface area contributed by atoms with Gasteiger partial charge in [-0.2, -0.15) is 0 Å². The van der Waals surface area contributed by atoms with Crippen LogP contribution in [0.4, 0.5) is 28.4 Å². The third-order valence-corrected chi connectivity index (χ3v) is 24.4. The number of fused-ring (bicyclic) bond motifs is 21. The average molecular weight is 1450 g/mol. The Bertz CT molecular complexity index is 7480. The number of benzene rings is 15. The zero-order chi connectivity index (χ0) is 80.5. The van der Waals surface area contributed by atoms with Gasteiger partial charge in [0.2, 0.25) is 0 Å². The standard InChI is InChI=1S/C106H88BN5/c1-103(2,3)69-32-25-31-68(55-69)83-57-70(104(4,5)6)44-51-90(83)108-73-47-54-94-86(60-73)87-61-75(109-92-52-45-71(105(7,8)9)58-84(92)85-59-72(106(10,11)12)46-53-93(85)109)62-89-101(87)112(94)97-63-96-98(82-39-26-38-81-79-36-22-20-34-77(79)76-33-19-21-35-78(76)80-37-23-24-40-91(80)111(96)100(81)82)102-99(97)107(89)88-50-43-67(65-29-17-14-18-30-65)56-95(88)110(102)74-48-41-66(42-49-74)64-27-15-13-16-28-64/h13-63,108H,1-12H3/i14D,17D,18D,29D,30D. The van der Waals surface area contributed by atoms with Crippen molar-refractivity contribution in [3.63, 3.8) is 0 Å². The van der Waals surface area contributed by atoms with Crippen LogP contribution in [0.5, 0.6) is 0 Å². The molecule has 1 N–H and O–H groups in total. The van der Waals surface area contributed by atoms with Gasteiger partial charge in [0.05, 0.1) is 45.6 Å². The largest absolute Gasteiger partial charge is 0.355 e. The maximum Gasteiger partial charge on any atom is 0.252 e. The first-order valence-corrected chi connectivity index (χ1v) is 39.5. The van der Waals surface area contributed by atoms with Gasteiger partial charge in [0.1, 0.15) is 0 Å². The van der Waals surface area contributed by atoms with Crippen molar-refractivity contribution in [2.75, 3.05) is 10.2 Å². The normalized spacial score (nSPS) is 13.8. The van der Waals surface area contributed by atoms with E-state index >= 15 is 0 Å². The molecule has 0 radical (unpaired) electrons. The van der Waals surface area contributed by atoms with E-state index in [-0.39, 0.29) is 51.4 Å². The summed E-state index contributed by atoms with van der Waals surface area (Å²) in [6.45, 7) is 27.1. The van der Waals surface area contributed by atoms with Crippen molar-refractivity contribution in [3.8, 4) is 44.8 Å². The molecule has 6 heteroatoms. The van der Waals surface area contributed by atoms with Crippen molar-refractivity contribution in [1.29, 1.82) is 0 Å². The van der Waals surface area contributed by atoms with Gasteiger partial charge in [-0.25, -0.2) is 0 Å². The minimum atomic E-state index is -0.471. The molecule has 0 aliphatic carbocycles. The molecule has 2 aliphatic rings. The topological polar surface area (TPSA) is 29.5 Å². The Morgan fingerprint density at radius 3 is 1.53 bits per heavy atom. The minimum Gasteiger partial charge on any atom is -0.355 e. The summed E-state index contributed by atoms with van der Waals surface area (Å²) in [6.07, 6.45) is 0. The Hall–Kier alpha value is -12.6. The molecule has 2 aliphatic heterocycles. The first-order valence-electron chi connectivity index (χ1n) is 42.0. The number of para-hydroxylation sites is 2. The Balaban J connectivity index is 0.954. The quantitative estimate of drug-likeness (QED) is 0.161. The van der Waals surface area contributed by atoms with Crippen molar-refractivity contribution < 1.29 is 6.85 Å². The van der Waals surface area contributed by atoms with E-state index in [0.29, 0.717) is 5.56 Å². The fourth-order valence-corrected chi connectivity index (χ4v) is 18.8. The summed E-state index contributed by atoms with van der Waals surface area (Å²) >= 11 is 0. The van der Waals surface area contributed by atoms with Crippen molar-refractivity contribution in [1.82, 2.24) is 13.5 Å². The van der Waals surface area contributed by atoms with Crippen molar-refractivity contribution in [2.45, 2.75) is 105 Å². The van der Waals surface area contributed by atoms with Crippen LogP contribution >= 0.6 is 0 Å². The third kappa shape index (κ3) is 10.4. The molecule has 0 spiro atoms. The Morgan fingerprint density at radius 1 is 0.312 bits per heavy atom. The Labute approximate surface area is 662 Å². The van der Waals surface area contributed by atoms with E-state index in [1.165, 1.54) is 33.0 Å². The van der Waals surface area contributed by atoms with Crippen LogP contribution in [0, 0.1) is 0 Å². The second-order valence-corrected chi connectivity index (χ2v) is 35.4. The number of anilines is 5. The molecule has 0 bridgehead atoms. The lowest BCUT2D eigenvalue weighted by atomic mass is 9.33. The smallest absolute Gasteiger partial charge is 0.252 e. The van der Waals surface area contributed by atoms with E-state index in [1.54, 1.807) is 0 Å². The van der Waals surface area contributed by atoms with Crippen LogP contribution < -0.4 is 26.6 Å². The molecule has 540 valence electrons. The molecule has 5 nitrogen and oxygen atoms in total. The van der Waals surface area contributed by atoms with Crippen LogP contribution in [0.1, 0.15) is 112 Å². The van der Waals surface area contributed by atoms with Gasteiger partial charge in [0.15, 0.2) is 0 Å². The first-order chi connectivity index (χ1) is 56.2. The van der Waals surface area contributed by atoms with E-state index in [4.69, 9.17) is 1.37 Å². The maximum atomic E-state index is 9.71. The minimum absolute atomic E-state index is 0.0683. The molecule has 112 heavy (non-hydrogen) atoms. The zero-order valence-corrected chi connectivity index (χ0v) is 65.4. The highest BCUT2D eigenvalue weighted by atomic mass is 15.2. The van der Waals surface area contributed by atoms with Gasteiger partial charge in [-0.3, -0.25) is 0 Å². The second kappa shape index (κ2) is 24.4. The summed E-state index contributed by atoms with van der Waals surface area (Å²) in [5.41, 5.74) is 27.2. The molecule has 0 atom stereocenters. The number of aromatic nitrogens is 3. The Kier molecular flexibility index (Phi) is 13.6. The zero-order valence-electron chi connectivity index (χ0n) is 70.4. The third-order valence-electron chi connectivity index (χ3n) is 24.4. The fraction of sp³-hybridized carbons (Fsp3) is 0.151. The lowest BCUT2D eigenvalue weighted by Crippen LogP contribution is -2.60. The summed E-state index contributed by atoms with van der Waals surface area (Å²) in [4.78, 5) is 2.46. The van der Waals surface area contributed by atoms with Crippen LogP contribution in [0.3, 0.4) is 0 Å². The molecule has 15 aromatic carbocycles. The first kappa shape index (κ1) is 62.2. The Morgan fingerprint density at radius 2 is 0.848 bits per heavy atom. The van der Waals surface area contributed by atoms with Crippen molar-refractivity contribution >= 4 is 155 Å². The number of hydrogen-bond donors (Lipinski definition) is 1. The lowest BCUT2D eigenvalue weighted by Gasteiger charge is -2.41. The molecule has 19 aromatic rings. The van der Waals surface area contributed by atoms with E-state index in [2.05, 4.69) is 380 Å². The highest BCUT2D eigenvalue weighted by Crippen LogP contribution is 2.52. The summed E-state index contributed by atoms with van der Waals surface area (Å²) in [7, 11) is 0. The monoisotopic (exact) mass is 1450 g/mol. The molecular weight excluding hydrogens is 1350 g/mol.